The molecule has 1 aromatic heterocycles. The highest BCUT2D eigenvalue weighted by atomic mass is 32.1. The maximum absolute atomic E-state index is 12.0. The summed E-state index contributed by atoms with van der Waals surface area (Å²) in [7, 11) is 0. The highest BCUT2D eigenvalue weighted by Crippen LogP contribution is 2.54. The maximum Gasteiger partial charge on any atom is 0.223 e. The molecule has 2 unspecified atom stereocenters. The number of H-pyrrole nitrogens is 1. The van der Waals surface area contributed by atoms with Crippen LogP contribution < -0.4 is 5.32 Å². The summed E-state index contributed by atoms with van der Waals surface area (Å²) >= 11 is 5.25. The van der Waals surface area contributed by atoms with Crippen LogP contribution in [0.2, 0.25) is 0 Å². The molecule has 0 aliphatic heterocycles. The van der Waals surface area contributed by atoms with Gasteiger partial charge in [0.1, 0.15) is 5.82 Å². The number of carbonyl (C=O) groups excluding carboxylic acids is 1. The average molecular weight is 292 g/mol. The summed E-state index contributed by atoms with van der Waals surface area (Å²) in [6, 6.07) is 0.537. The van der Waals surface area contributed by atoms with Gasteiger partial charge in [-0.15, -0.1) is 0 Å². The summed E-state index contributed by atoms with van der Waals surface area (Å²) in [5.74, 6) is 3.07. The number of aromatic amines is 1. The van der Waals surface area contributed by atoms with Crippen molar-refractivity contribution in [2.45, 2.75) is 44.6 Å². The maximum atomic E-state index is 12.0. The van der Waals surface area contributed by atoms with Gasteiger partial charge in [-0.2, -0.15) is 5.10 Å². The monoisotopic (exact) mass is 292 g/mol. The molecule has 0 bridgehead atoms. The Hall–Kier alpha value is -1.17. The third-order valence-corrected chi connectivity index (χ3v) is 5.03. The van der Waals surface area contributed by atoms with Gasteiger partial charge in [-0.05, 0) is 56.2 Å². The molecule has 5 nitrogen and oxygen atoms in total. The Morgan fingerprint density at radius 1 is 1.40 bits per heavy atom. The first-order valence-electron chi connectivity index (χ1n) is 7.67. The number of hydrogen-bond acceptors (Lipinski definition) is 3. The first-order chi connectivity index (χ1) is 9.74. The zero-order valence-electron chi connectivity index (χ0n) is 11.5. The molecule has 0 radical (unpaired) electrons. The highest BCUT2D eigenvalue weighted by Gasteiger charge is 2.50. The van der Waals surface area contributed by atoms with Crippen LogP contribution in [0.1, 0.15) is 44.0 Å². The Morgan fingerprint density at radius 2 is 2.20 bits per heavy atom. The summed E-state index contributed by atoms with van der Waals surface area (Å²) in [5, 5.41) is 10.2. The van der Waals surface area contributed by atoms with E-state index in [-0.39, 0.29) is 5.91 Å². The Bertz CT molecular complexity index is 584. The molecule has 1 aromatic rings. The molecule has 0 saturated heterocycles. The molecule has 3 aliphatic carbocycles. The molecule has 108 valence electrons. The number of carbonyl (C=O) groups is 1. The Labute approximate surface area is 123 Å². The van der Waals surface area contributed by atoms with Crippen molar-refractivity contribution in [1.29, 1.82) is 0 Å². The topological polar surface area (TPSA) is 62.7 Å². The van der Waals surface area contributed by atoms with Gasteiger partial charge in [0.25, 0.3) is 0 Å². The second-order valence-corrected chi connectivity index (χ2v) is 6.82. The van der Waals surface area contributed by atoms with E-state index >= 15 is 0 Å². The predicted molar refractivity (Wildman–Crippen MR) is 76.7 cm³/mol. The summed E-state index contributed by atoms with van der Waals surface area (Å²) in [4.78, 5) is 12.0. The minimum atomic E-state index is 0.244. The van der Waals surface area contributed by atoms with Gasteiger partial charge in [0.2, 0.25) is 5.91 Å². The average Bonchev–Trinajstić information content (AvgIpc) is 3.28. The van der Waals surface area contributed by atoms with Crippen molar-refractivity contribution in [3.05, 3.63) is 10.6 Å². The van der Waals surface area contributed by atoms with E-state index in [0.717, 1.165) is 24.6 Å². The molecule has 0 spiro atoms. The molecule has 0 aromatic carbocycles. The Kier molecular flexibility index (Phi) is 2.94. The van der Waals surface area contributed by atoms with Crippen LogP contribution in [0.15, 0.2) is 0 Å². The van der Waals surface area contributed by atoms with Gasteiger partial charge in [-0.3, -0.25) is 9.89 Å². The van der Waals surface area contributed by atoms with E-state index < -0.39 is 0 Å². The predicted octanol–water partition coefficient (Wildman–Crippen LogP) is 1.98. The van der Waals surface area contributed by atoms with E-state index in [2.05, 4.69) is 20.1 Å². The molecule has 20 heavy (non-hydrogen) atoms. The molecule has 2 N–H and O–H groups in total. The van der Waals surface area contributed by atoms with Crippen molar-refractivity contribution in [3.63, 3.8) is 0 Å². The minimum Gasteiger partial charge on any atom is -0.355 e. The van der Waals surface area contributed by atoms with E-state index in [9.17, 15) is 4.79 Å². The first kappa shape index (κ1) is 12.6. The zero-order chi connectivity index (χ0) is 13.7. The number of rotatable bonds is 6. The largest absolute Gasteiger partial charge is 0.355 e. The van der Waals surface area contributed by atoms with Crippen LogP contribution in [0.4, 0.5) is 0 Å². The van der Waals surface area contributed by atoms with Gasteiger partial charge >= 0.3 is 0 Å². The molecule has 3 saturated carbocycles. The standard InChI is InChI=1S/C14H20N4OS/c19-13(11-7-10(11)8-1-2-8)15-6-5-12-16-17-14(20)18(12)9-3-4-9/h8-11H,1-7H2,(H,15,19)(H,17,20). The van der Waals surface area contributed by atoms with Crippen LogP contribution in [0.3, 0.4) is 0 Å². The van der Waals surface area contributed by atoms with Crippen LogP contribution in [0.5, 0.6) is 0 Å². The Balaban J connectivity index is 1.28. The first-order valence-corrected chi connectivity index (χ1v) is 8.08. The summed E-state index contributed by atoms with van der Waals surface area (Å²) in [5.41, 5.74) is 0. The number of aromatic nitrogens is 3. The fourth-order valence-electron chi connectivity index (χ4n) is 3.21. The second kappa shape index (κ2) is 4.69. The fraction of sp³-hybridized carbons (Fsp3) is 0.786. The smallest absolute Gasteiger partial charge is 0.223 e. The van der Waals surface area contributed by atoms with Crippen LogP contribution >= 0.6 is 12.2 Å². The van der Waals surface area contributed by atoms with Crippen LogP contribution in [0, 0.1) is 22.5 Å². The lowest BCUT2D eigenvalue weighted by Crippen LogP contribution is -2.28. The van der Waals surface area contributed by atoms with Crippen molar-refractivity contribution in [1.82, 2.24) is 20.1 Å². The minimum absolute atomic E-state index is 0.244. The fourth-order valence-corrected chi connectivity index (χ4v) is 3.51. The number of hydrogen-bond donors (Lipinski definition) is 2. The zero-order valence-corrected chi connectivity index (χ0v) is 12.3. The van der Waals surface area contributed by atoms with E-state index in [1.54, 1.807) is 0 Å². The second-order valence-electron chi connectivity index (χ2n) is 6.43. The van der Waals surface area contributed by atoms with Crippen molar-refractivity contribution < 1.29 is 4.79 Å². The van der Waals surface area contributed by atoms with Gasteiger partial charge in [-0.25, -0.2) is 0 Å². The third kappa shape index (κ3) is 2.41. The summed E-state index contributed by atoms with van der Waals surface area (Å²) in [6.07, 6.45) is 6.93. The van der Waals surface area contributed by atoms with Crippen LogP contribution in [-0.4, -0.2) is 27.2 Å². The van der Waals surface area contributed by atoms with Gasteiger partial charge in [-0.1, -0.05) is 0 Å². The SMILES string of the molecule is O=C(NCCc1n[nH]c(=S)n1C1CC1)C1CC1C1CC1. The van der Waals surface area contributed by atoms with Crippen molar-refractivity contribution in [2.75, 3.05) is 6.54 Å². The molecule has 1 amide bonds. The number of nitrogens with zero attached hydrogens (tertiary/aromatic N) is 2. The number of amides is 1. The quantitative estimate of drug-likeness (QED) is 0.788. The van der Waals surface area contributed by atoms with Gasteiger partial charge in [0, 0.05) is 24.9 Å². The molecular formula is C14H20N4OS. The highest BCUT2D eigenvalue weighted by molar-refractivity contribution is 7.71. The van der Waals surface area contributed by atoms with Crippen LogP contribution in [-0.2, 0) is 11.2 Å². The van der Waals surface area contributed by atoms with Gasteiger partial charge in [0.15, 0.2) is 4.77 Å². The van der Waals surface area contributed by atoms with E-state index in [4.69, 9.17) is 12.2 Å². The third-order valence-electron chi connectivity index (χ3n) is 4.74. The van der Waals surface area contributed by atoms with Gasteiger partial charge in [0.05, 0.1) is 0 Å². The molecule has 6 heteroatoms. The molecule has 1 heterocycles. The number of nitrogens with one attached hydrogen (secondary N) is 2. The summed E-state index contributed by atoms with van der Waals surface area (Å²) in [6.45, 7) is 0.666. The van der Waals surface area contributed by atoms with Gasteiger partial charge < -0.3 is 9.88 Å². The van der Waals surface area contributed by atoms with Crippen molar-refractivity contribution in [2.24, 2.45) is 17.8 Å². The Morgan fingerprint density at radius 3 is 2.90 bits per heavy atom. The molecule has 4 rings (SSSR count). The van der Waals surface area contributed by atoms with E-state index in [1.165, 1.54) is 25.7 Å². The molecule has 3 fully saturated rings. The normalized spacial score (nSPS) is 28.4. The molecule has 2 atom stereocenters. The lowest BCUT2D eigenvalue weighted by Gasteiger charge is -2.06. The van der Waals surface area contributed by atoms with Crippen LogP contribution in [0.25, 0.3) is 0 Å². The van der Waals surface area contributed by atoms with E-state index in [0.29, 0.717) is 29.2 Å². The lowest BCUT2D eigenvalue weighted by molar-refractivity contribution is -0.122. The van der Waals surface area contributed by atoms with Crippen molar-refractivity contribution >= 4 is 18.1 Å². The lowest BCUT2D eigenvalue weighted by atomic mass is 10.2. The summed E-state index contributed by atoms with van der Waals surface area (Å²) < 4.78 is 2.83. The molecular weight excluding hydrogens is 272 g/mol. The van der Waals surface area contributed by atoms with Crippen molar-refractivity contribution in [3.8, 4) is 0 Å². The van der Waals surface area contributed by atoms with E-state index in [1.807, 2.05) is 0 Å². The molecule has 3 aliphatic rings.